The van der Waals surface area contributed by atoms with Gasteiger partial charge in [-0.25, -0.2) is 4.98 Å². The van der Waals surface area contributed by atoms with Gasteiger partial charge in [0.05, 0.1) is 29.1 Å². The molecule has 11 heteroatoms. The Labute approximate surface area is 189 Å². The molecule has 3 aromatic rings. The summed E-state index contributed by atoms with van der Waals surface area (Å²) in [6, 6.07) is 9.38. The average Bonchev–Trinajstić information content (AvgIpc) is 3.21. The number of thiazole rings is 1. The first kappa shape index (κ1) is 24.7. The number of nitrogens with zero attached hydrogens (tertiary/aromatic N) is 2. The Morgan fingerprint density at radius 3 is 2.27 bits per heavy atom. The van der Waals surface area contributed by atoms with Crippen LogP contribution in [0.1, 0.15) is 23.7 Å². The summed E-state index contributed by atoms with van der Waals surface area (Å²) in [5.41, 5.74) is -0.867. The SMILES string of the molecule is CCN(CC(=O)Nc1ccccc1C(F)(F)F)Cc1csc(-c2ccc(C(F)(F)F)cc2)n1. The highest BCUT2D eigenvalue weighted by atomic mass is 32.1. The van der Waals surface area contributed by atoms with Crippen molar-refractivity contribution in [2.24, 2.45) is 0 Å². The van der Waals surface area contributed by atoms with Gasteiger partial charge in [0.1, 0.15) is 5.01 Å². The Morgan fingerprint density at radius 1 is 1.00 bits per heavy atom. The molecule has 0 aliphatic carbocycles. The number of rotatable bonds is 7. The second-order valence-corrected chi connectivity index (χ2v) is 7.97. The van der Waals surface area contributed by atoms with Crippen LogP contribution in [0.3, 0.4) is 0 Å². The number of halogens is 6. The van der Waals surface area contributed by atoms with E-state index in [0.29, 0.717) is 22.8 Å². The van der Waals surface area contributed by atoms with Crippen LogP contribution in [-0.2, 0) is 23.7 Å². The van der Waals surface area contributed by atoms with Crippen molar-refractivity contribution in [1.82, 2.24) is 9.88 Å². The van der Waals surface area contributed by atoms with Crippen molar-refractivity contribution in [3.8, 4) is 10.6 Å². The van der Waals surface area contributed by atoms with Crippen LogP contribution in [0.4, 0.5) is 32.0 Å². The lowest BCUT2D eigenvalue weighted by molar-refractivity contribution is -0.138. The van der Waals surface area contributed by atoms with Gasteiger partial charge in [0, 0.05) is 17.5 Å². The van der Waals surface area contributed by atoms with Crippen LogP contribution in [0.5, 0.6) is 0 Å². The number of benzene rings is 2. The lowest BCUT2D eigenvalue weighted by atomic mass is 10.1. The Balaban J connectivity index is 1.64. The fraction of sp³-hybridized carbons (Fsp3) is 0.273. The number of hydrogen-bond acceptors (Lipinski definition) is 4. The van der Waals surface area contributed by atoms with E-state index < -0.39 is 29.4 Å². The Kier molecular flexibility index (Phi) is 7.43. The summed E-state index contributed by atoms with van der Waals surface area (Å²) in [6.45, 7) is 2.32. The number of amides is 1. The van der Waals surface area contributed by atoms with E-state index in [1.807, 2.05) is 0 Å². The molecule has 0 fully saturated rings. The van der Waals surface area contributed by atoms with Gasteiger partial charge in [-0.05, 0) is 30.8 Å². The van der Waals surface area contributed by atoms with E-state index in [9.17, 15) is 31.1 Å². The van der Waals surface area contributed by atoms with Crippen molar-refractivity contribution in [3.05, 3.63) is 70.7 Å². The molecule has 0 aliphatic heterocycles. The van der Waals surface area contributed by atoms with Gasteiger partial charge in [-0.15, -0.1) is 11.3 Å². The summed E-state index contributed by atoms with van der Waals surface area (Å²) in [4.78, 5) is 18.5. The van der Waals surface area contributed by atoms with Crippen LogP contribution in [0.25, 0.3) is 10.6 Å². The van der Waals surface area contributed by atoms with Crippen LogP contribution >= 0.6 is 11.3 Å². The van der Waals surface area contributed by atoms with Crippen molar-refractivity contribution in [2.75, 3.05) is 18.4 Å². The van der Waals surface area contributed by atoms with E-state index in [1.165, 1.54) is 41.7 Å². The van der Waals surface area contributed by atoms with Crippen LogP contribution in [0.2, 0.25) is 0 Å². The maximum atomic E-state index is 13.1. The zero-order chi connectivity index (χ0) is 24.2. The van der Waals surface area contributed by atoms with Gasteiger partial charge < -0.3 is 5.32 Å². The third kappa shape index (κ3) is 6.55. The van der Waals surface area contributed by atoms with Crippen molar-refractivity contribution in [2.45, 2.75) is 25.8 Å². The standard InChI is InChI=1S/C22H19F6N3OS/c1-2-31(12-19(32)30-18-6-4-3-5-17(18)22(26,27)28)11-16-13-33-20(29-16)14-7-9-15(10-8-14)21(23,24)25/h3-10,13H,2,11-12H2,1H3,(H,30,32). The topological polar surface area (TPSA) is 45.2 Å². The predicted molar refractivity (Wildman–Crippen MR) is 114 cm³/mol. The highest BCUT2D eigenvalue weighted by Crippen LogP contribution is 2.35. The fourth-order valence-corrected chi connectivity index (χ4v) is 3.87. The minimum absolute atomic E-state index is 0.157. The zero-order valence-corrected chi connectivity index (χ0v) is 18.1. The second-order valence-electron chi connectivity index (χ2n) is 7.11. The Morgan fingerprint density at radius 2 is 1.67 bits per heavy atom. The summed E-state index contributed by atoms with van der Waals surface area (Å²) in [6.07, 6.45) is -9.01. The minimum Gasteiger partial charge on any atom is -0.324 e. The van der Waals surface area contributed by atoms with Gasteiger partial charge in [0.15, 0.2) is 0 Å². The molecular weight excluding hydrogens is 468 g/mol. The molecule has 0 aliphatic rings. The second kappa shape index (κ2) is 9.92. The molecule has 1 heterocycles. The molecule has 0 saturated carbocycles. The molecule has 33 heavy (non-hydrogen) atoms. The molecule has 0 atom stereocenters. The fourth-order valence-electron chi connectivity index (χ4n) is 3.05. The Bertz CT molecular complexity index is 1090. The van der Waals surface area contributed by atoms with E-state index >= 15 is 0 Å². The molecule has 0 saturated heterocycles. The normalized spacial score (nSPS) is 12.2. The van der Waals surface area contributed by atoms with Crippen LogP contribution < -0.4 is 5.32 Å². The Hall–Kier alpha value is -2.92. The van der Waals surface area contributed by atoms with Gasteiger partial charge in [0.25, 0.3) is 0 Å². The van der Waals surface area contributed by atoms with Gasteiger partial charge in [-0.2, -0.15) is 26.3 Å². The number of para-hydroxylation sites is 1. The first-order valence-electron chi connectivity index (χ1n) is 9.78. The van der Waals surface area contributed by atoms with Gasteiger partial charge in [0.2, 0.25) is 5.91 Å². The largest absolute Gasteiger partial charge is 0.418 e. The molecule has 2 aromatic carbocycles. The molecule has 0 unspecified atom stereocenters. The van der Waals surface area contributed by atoms with Crippen molar-refractivity contribution < 1.29 is 31.1 Å². The quantitative estimate of drug-likeness (QED) is 0.398. The molecule has 1 N–H and O–H groups in total. The van der Waals surface area contributed by atoms with E-state index in [1.54, 1.807) is 17.2 Å². The number of carbonyl (C=O) groups excluding carboxylic acids is 1. The number of hydrogen-bond donors (Lipinski definition) is 1. The van der Waals surface area contributed by atoms with Gasteiger partial charge in [-0.1, -0.05) is 31.2 Å². The third-order valence-electron chi connectivity index (χ3n) is 4.72. The molecule has 0 radical (unpaired) electrons. The van der Waals surface area contributed by atoms with E-state index in [-0.39, 0.29) is 18.8 Å². The molecule has 176 valence electrons. The number of anilines is 1. The van der Waals surface area contributed by atoms with Crippen molar-refractivity contribution >= 4 is 22.9 Å². The molecule has 4 nitrogen and oxygen atoms in total. The molecular formula is C22H19F6N3OS. The maximum absolute atomic E-state index is 13.1. The molecule has 3 rings (SSSR count). The molecule has 0 spiro atoms. The summed E-state index contributed by atoms with van der Waals surface area (Å²) in [5, 5.41) is 4.56. The summed E-state index contributed by atoms with van der Waals surface area (Å²) in [5.74, 6) is -0.605. The summed E-state index contributed by atoms with van der Waals surface area (Å²) in [7, 11) is 0. The lowest BCUT2D eigenvalue weighted by Crippen LogP contribution is -2.33. The first-order valence-corrected chi connectivity index (χ1v) is 10.7. The number of aromatic nitrogens is 1. The number of likely N-dealkylation sites (N-methyl/N-ethyl adjacent to an activating group) is 1. The monoisotopic (exact) mass is 487 g/mol. The average molecular weight is 487 g/mol. The number of nitrogens with one attached hydrogen (secondary N) is 1. The van der Waals surface area contributed by atoms with Crippen LogP contribution in [0, 0.1) is 0 Å². The van der Waals surface area contributed by atoms with Gasteiger partial charge >= 0.3 is 12.4 Å². The maximum Gasteiger partial charge on any atom is 0.418 e. The summed E-state index contributed by atoms with van der Waals surface area (Å²) >= 11 is 1.25. The van der Waals surface area contributed by atoms with Crippen molar-refractivity contribution in [1.29, 1.82) is 0 Å². The smallest absolute Gasteiger partial charge is 0.324 e. The minimum atomic E-state index is -4.59. The highest BCUT2D eigenvalue weighted by molar-refractivity contribution is 7.13. The molecule has 1 amide bonds. The van der Waals surface area contributed by atoms with E-state index in [0.717, 1.165) is 18.2 Å². The summed E-state index contributed by atoms with van der Waals surface area (Å²) < 4.78 is 77.5. The zero-order valence-electron chi connectivity index (χ0n) is 17.3. The molecule has 0 bridgehead atoms. The van der Waals surface area contributed by atoms with Gasteiger partial charge in [-0.3, -0.25) is 9.69 Å². The number of carbonyl (C=O) groups is 1. The van der Waals surface area contributed by atoms with Crippen LogP contribution in [-0.4, -0.2) is 28.9 Å². The van der Waals surface area contributed by atoms with E-state index in [4.69, 9.17) is 0 Å². The highest BCUT2D eigenvalue weighted by Gasteiger charge is 2.33. The predicted octanol–water partition coefficient (Wildman–Crippen LogP) is 6.31. The third-order valence-corrected chi connectivity index (χ3v) is 5.66. The van der Waals surface area contributed by atoms with Crippen molar-refractivity contribution in [3.63, 3.8) is 0 Å². The van der Waals surface area contributed by atoms with E-state index in [2.05, 4.69) is 10.3 Å². The molecule has 1 aromatic heterocycles. The first-order chi connectivity index (χ1) is 15.5. The number of alkyl halides is 6. The lowest BCUT2D eigenvalue weighted by Gasteiger charge is -2.19. The van der Waals surface area contributed by atoms with Crippen LogP contribution in [0.15, 0.2) is 53.9 Å².